The zero-order chi connectivity index (χ0) is 13.2. The van der Waals surface area contributed by atoms with Crippen molar-refractivity contribution in [3.8, 4) is 11.5 Å². The summed E-state index contributed by atoms with van der Waals surface area (Å²) in [4.78, 5) is 2.44. The van der Waals surface area contributed by atoms with E-state index in [9.17, 15) is 0 Å². The number of likely N-dealkylation sites (N-methyl/N-ethyl adjacent to an activating group) is 1. The molecule has 1 atom stereocenters. The van der Waals surface area contributed by atoms with Crippen LogP contribution in [0.15, 0.2) is 12.1 Å². The van der Waals surface area contributed by atoms with Crippen LogP contribution in [0.3, 0.4) is 0 Å². The third-order valence-electron chi connectivity index (χ3n) is 4.10. The minimum absolute atomic E-state index is 0.565. The van der Waals surface area contributed by atoms with Crippen LogP contribution in [0.1, 0.15) is 11.1 Å². The molecule has 0 bridgehead atoms. The molecule has 19 heavy (non-hydrogen) atoms. The summed E-state index contributed by atoms with van der Waals surface area (Å²) in [6.07, 6.45) is 1.06. The van der Waals surface area contributed by atoms with Crippen LogP contribution in [-0.2, 0) is 6.42 Å². The van der Waals surface area contributed by atoms with Crippen molar-refractivity contribution in [3.05, 3.63) is 23.3 Å². The number of nitrogens with zero attached hydrogens (tertiary/aromatic N) is 1. The second kappa shape index (κ2) is 5.39. The lowest BCUT2D eigenvalue weighted by atomic mass is 9.98. The van der Waals surface area contributed by atoms with E-state index in [0.29, 0.717) is 19.3 Å². The van der Waals surface area contributed by atoms with E-state index in [1.165, 1.54) is 11.1 Å². The molecule has 0 aliphatic carbocycles. The van der Waals surface area contributed by atoms with E-state index in [-0.39, 0.29) is 0 Å². The molecule has 1 saturated heterocycles. The van der Waals surface area contributed by atoms with E-state index in [0.717, 1.165) is 37.6 Å². The SMILES string of the molecule is Cc1cc2c(cc1CC1CNCCN1C)OCCO2. The summed E-state index contributed by atoms with van der Waals surface area (Å²) in [5.41, 5.74) is 2.66. The second-order valence-electron chi connectivity index (χ2n) is 5.47. The van der Waals surface area contributed by atoms with Crippen LogP contribution in [0.4, 0.5) is 0 Å². The number of nitrogens with one attached hydrogen (secondary N) is 1. The highest BCUT2D eigenvalue weighted by Crippen LogP contribution is 2.33. The highest BCUT2D eigenvalue weighted by atomic mass is 16.6. The molecule has 2 aliphatic rings. The molecule has 104 valence electrons. The number of aryl methyl sites for hydroxylation is 1. The van der Waals surface area contributed by atoms with Crippen LogP contribution in [-0.4, -0.2) is 50.8 Å². The Morgan fingerprint density at radius 2 is 2.00 bits per heavy atom. The average molecular weight is 262 g/mol. The summed E-state index contributed by atoms with van der Waals surface area (Å²) in [6, 6.07) is 4.84. The average Bonchev–Trinajstić information content (AvgIpc) is 2.42. The van der Waals surface area contributed by atoms with E-state index in [2.05, 4.69) is 36.3 Å². The fourth-order valence-corrected chi connectivity index (χ4v) is 2.80. The predicted molar refractivity (Wildman–Crippen MR) is 75.2 cm³/mol. The minimum atomic E-state index is 0.565. The summed E-state index contributed by atoms with van der Waals surface area (Å²) in [6.45, 7) is 6.73. The number of benzene rings is 1. The molecule has 4 nitrogen and oxygen atoms in total. The number of fused-ring (bicyclic) bond motifs is 1. The lowest BCUT2D eigenvalue weighted by Crippen LogP contribution is -2.50. The van der Waals surface area contributed by atoms with Crippen molar-refractivity contribution in [1.29, 1.82) is 0 Å². The maximum Gasteiger partial charge on any atom is 0.161 e. The lowest BCUT2D eigenvalue weighted by Gasteiger charge is -2.33. The fourth-order valence-electron chi connectivity index (χ4n) is 2.80. The molecule has 1 fully saturated rings. The van der Waals surface area contributed by atoms with E-state index in [1.54, 1.807) is 0 Å². The zero-order valence-electron chi connectivity index (χ0n) is 11.7. The van der Waals surface area contributed by atoms with Gasteiger partial charge in [0.1, 0.15) is 13.2 Å². The van der Waals surface area contributed by atoms with Gasteiger partial charge in [-0.3, -0.25) is 0 Å². The van der Waals surface area contributed by atoms with Crippen molar-refractivity contribution in [1.82, 2.24) is 10.2 Å². The van der Waals surface area contributed by atoms with E-state index >= 15 is 0 Å². The van der Waals surface area contributed by atoms with Crippen molar-refractivity contribution in [2.45, 2.75) is 19.4 Å². The first-order valence-electron chi connectivity index (χ1n) is 7.04. The summed E-state index contributed by atoms with van der Waals surface area (Å²) in [5, 5.41) is 3.47. The Balaban J connectivity index is 1.80. The van der Waals surface area contributed by atoms with Gasteiger partial charge in [0.25, 0.3) is 0 Å². The Labute approximate surface area is 114 Å². The first-order valence-corrected chi connectivity index (χ1v) is 7.04. The molecule has 1 aromatic rings. The second-order valence-corrected chi connectivity index (χ2v) is 5.47. The molecular formula is C15H22N2O2. The highest BCUT2D eigenvalue weighted by molar-refractivity contribution is 5.48. The number of rotatable bonds is 2. The van der Waals surface area contributed by atoms with Crippen LogP contribution in [0.2, 0.25) is 0 Å². The van der Waals surface area contributed by atoms with Gasteiger partial charge in [0.05, 0.1) is 0 Å². The largest absolute Gasteiger partial charge is 0.486 e. The Morgan fingerprint density at radius 1 is 1.26 bits per heavy atom. The number of hydrogen-bond acceptors (Lipinski definition) is 4. The molecule has 1 aromatic carbocycles. The van der Waals surface area contributed by atoms with Crippen LogP contribution in [0, 0.1) is 6.92 Å². The molecule has 0 aromatic heterocycles. The molecule has 0 amide bonds. The molecule has 0 saturated carbocycles. The summed E-state index contributed by atoms with van der Waals surface area (Å²) in [7, 11) is 2.21. The van der Waals surface area contributed by atoms with E-state index in [4.69, 9.17) is 9.47 Å². The quantitative estimate of drug-likeness (QED) is 0.869. The Bertz CT molecular complexity index is 462. The van der Waals surface area contributed by atoms with Gasteiger partial charge in [-0.25, -0.2) is 0 Å². The van der Waals surface area contributed by atoms with Gasteiger partial charge >= 0.3 is 0 Å². The molecule has 0 radical (unpaired) electrons. The van der Waals surface area contributed by atoms with Gasteiger partial charge in [-0.05, 0) is 43.7 Å². The Kier molecular flexibility index (Phi) is 3.62. The molecule has 1 unspecified atom stereocenters. The normalized spacial score (nSPS) is 23.4. The van der Waals surface area contributed by atoms with E-state index in [1.807, 2.05) is 0 Å². The maximum absolute atomic E-state index is 5.68. The van der Waals surface area contributed by atoms with Crippen molar-refractivity contribution in [3.63, 3.8) is 0 Å². The molecule has 1 N–H and O–H groups in total. The molecule has 0 spiro atoms. The summed E-state index contributed by atoms with van der Waals surface area (Å²) < 4.78 is 11.3. The van der Waals surface area contributed by atoms with Gasteiger partial charge in [-0.2, -0.15) is 0 Å². The van der Waals surface area contributed by atoms with Gasteiger partial charge in [-0.1, -0.05) is 0 Å². The Hall–Kier alpha value is -1.26. The molecule has 2 heterocycles. The first kappa shape index (κ1) is 12.8. The number of hydrogen-bond donors (Lipinski definition) is 1. The molecular weight excluding hydrogens is 240 g/mol. The van der Waals surface area contributed by atoms with Gasteiger partial charge in [0, 0.05) is 25.7 Å². The number of ether oxygens (including phenoxy) is 2. The van der Waals surface area contributed by atoms with Gasteiger partial charge in [-0.15, -0.1) is 0 Å². The van der Waals surface area contributed by atoms with Gasteiger partial charge in [0.15, 0.2) is 11.5 Å². The summed E-state index contributed by atoms with van der Waals surface area (Å²) in [5.74, 6) is 1.79. The molecule has 3 rings (SSSR count). The molecule has 4 heteroatoms. The third kappa shape index (κ3) is 2.69. The highest BCUT2D eigenvalue weighted by Gasteiger charge is 2.21. The first-order chi connectivity index (χ1) is 9.24. The Morgan fingerprint density at radius 3 is 2.74 bits per heavy atom. The summed E-state index contributed by atoms with van der Waals surface area (Å²) >= 11 is 0. The van der Waals surface area contributed by atoms with Crippen LogP contribution >= 0.6 is 0 Å². The lowest BCUT2D eigenvalue weighted by molar-refractivity contribution is 0.170. The van der Waals surface area contributed by atoms with Crippen LogP contribution in [0.25, 0.3) is 0 Å². The van der Waals surface area contributed by atoms with Crippen LogP contribution in [0.5, 0.6) is 11.5 Å². The van der Waals surface area contributed by atoms with E-state index < -0.39 is 0 Å². The minimum Gasteiger partial charge on any atom is -0.486 e. The zero-order valence-corrected chi connectivity index (χ0v) is 11.7. The number of piperazine rings is 1. The topological polar surface area (TPSA) is 33.7 Å². The van der Waals surface area contributed by atoms with Crippen molar-refractivity contribution in [2.75, 3.05) is 39.9 Å². The smallest absolute Gasteiger partial charge is 0.161 e. The fraction of sp³-hybridized carbons (Fsp3) is 0.600. The van der Waals surface area contributed by atoms with Gasteiger partial charge < -0.3 is 19.7 Å². The molecule has 2 aliphatic heterocycles. The predicted octanol–water partition coefficient (Wildman–Crippen LogP) is 1.21. The monoisotopic (exact) mass is 262 g/mol. The third-order valence-corrected chi connectivity index (χ3v) is 4.10. The van der Waals surface area contributed by atoms with Crippen molar-refractivity contribution in [2.24, 2.45) is 0 Å². The maximum atomic E-state index is 5.68. The van der Waals surface area contributed by atoms with Crippen LogP contribution < -0.4 is 14.8 Å². The van der Waals surface area contributed by atoms with Crippen molar-refractivity contribution < 1.29 is 9.47 Å². The standard InChI is InChI=1S/C15H22N2O2/c1-11-7-14-15(19-6-5-18-14)9-12(11)8-13-10-16-3-4-17(13)2/h7,9,13,16H,3-6,8,10H2,1-2H3. The van der Waals surface area contributed by atoms with Crippen molar-refractivity contribution >= 4 is 0 Å². The van der Waals surface area contributed by atoms with Gasteiger partial charge in [0.2, 0.25) is 0 Å².